The van der Waals surface area contributed by atoms with Gasteiger partial charge >= 0.3 is 12.2 Å². The Morgan fingerprint density at radius 3 is 1.82 bits per heavy atom. The molecule has 0 aromatic rings. The third-order valence-corrected chi connectivity index (χ3v) is 3.09. The number of ether oxygens (including phenoxy) is 2. The summed E-state index contributed by atoms with van der Waals surface area (Å²) in [5.74, 6) is -0.0672. The second-order valence-corrected chi connectivity index (χ2v) is 8.45. The van der Waals surface area contributed by atoms with Gasteiger partial charge in [0.15, 0.2) is 0 Å². The van der Waals surface area contributed by atoms with Crippen LogP contribution in [0.4, 0.5) is 9.59 Å². The van der Waals surface area contributed by atoms with Crippen molar-refractivity contribution in [2.24, 2.45) is 10.7 Å². The number of rotatable bonds is 7. The fraction of sp³-hybridized carbons (Fsp3) is 0.789. The highest BCUT2D eigenvalue weighted by Gasteiger charge is 2.21. The van der Waals surface area contributed by atoms with Gasteiger partial charge < -0.3 is 15.2 Å². The molecule has 0 saturated heterocycles. The standard InChI is InChI=1S/C19H36N4O5/c1-8-10-14(24)13(20)11-9-12-21-15(22-16(25)27-18(2,3)4)23-17(26)28-19(5,6)7/h13H,8-12,20H2,1-7H3,(H2,21,22,23,25,26)/t13-/m0/s1. The summed E-state index contributed by atoms with van der Waals surface area (Å²) in [7, 11) is 0. The number of nitrogens with zero attached hydrogens (tertiary/aromatic N) is 1. The van der Waals surface area contributed by atoms with E-state index in [1.54, 1.807) is 41.5 Å². The van der Waals surface area contributed by atoms with Gasteiger partial charge in [0, 0.05) is 13.0 Å². The molecule has 9 nitrogen and oxygen atoms in total. The Labute approximate surface area is 167 Å². The molecule has 9 heteroatoms. The Hall–Kier alpha value is -2.16. The van der Waals surface area contributed by atoms with Gasteiger partial charge in [-0.3, -0.25) is 20.4 Å². The number of aliphatic imine (C=N–C) groups is 1. The number of carbonyl (C=O) groups excluding carboxylic acids is 3. The molecule has 162 valence electrons. The van der Waals surface area contributed by atoms with Crippen LogP contribution in [0.2, 0.25) is 0 Å². The van der Waals surface area contributed by atoms with Gasteiger partial charge in [-0.05, 0) is 60.8 Å². The predicted octanol–water partition coefficient (Wildman–Crippen LogP) is 2.87. The maximum atomic E-state index is 12.0. The largest absolute Gasteiger partial charge is 0.444 e. The summed E-state index contributed by atoms with van der Waals surface area (Å²) in [6, 6.07) is -0.531. The van der Waals surface area contributed by atoms with Crippen LogP contribution in [0, 0.1) is 0 Å². The van der Waals surface area contributed by atoms with Gasteiger partial charge in [-0.25, -0.2) is 9.59 Å². The summed E-state index contributed by atoms with van der Waals surface area (Å²) < 4.78 is 10.3. The molecule has 0 aliphatic heterocycles. The first-order chi connectivity index (χ1) is 12.7. The molecule has 0 aromatic carbocycles. The van der Waals surface area contributed by atoms with Gasteiger partial charge in [-0.15, -0.1) is 0 Å². The molecule has 0 rings (SSSR count). The highest BCUT2D eigenvalue weighted by Crippen LogP contribution is 2.08. The predicted molar refractivity (Wildman–Crippen MR) is 108 cm³/mol. The van der Waals surface area contributed by atoms with Gasteiger partial charge in [-0.2, -0.15) is 0 Å². The van der Waals surface area contributed by atoms with E-state index in [4.69, 9.17) is 15.2 Å². The molecule has 0 heterocycles. The van der Waals surface area contributed by atoms with Gasteiger partial charge in [0.25, 0.3) is 0 Å². The summed E-state index contributed by atoms with van der Waals surface area (Å²) in [6.45, 7) is 12.5. The zero-order valence-corrected chi connectivity index (χ0v) is 18.2. The van der Waals surface area contributed by atoms with E-state index in [0.717, 1.165) is 6.42 Å². The number of ketones is 1. The van der Waals surface area contributed by atoms with Crippen molar-refractivity contribution in [1.29, 1.82) is 0 Å². The Kier molecular flexibility index (Phi) is 10.7. The van der Waals surface area contributed by atoms with E-state index >= 15 is 0 Å². The molecular weight excluding hydrogens is 364 g/mol. The van der Waals surface area contributed by atoms with Crippen molar-refractivity contribution in [3.05, 3.63) is 0 Å². The van der Waals surface area contributed by atoms with Gasteiger partial charge in [0.2, 0.25) is 5.96 Å². The minimum absolute atomic E-state index is 0.0189. The van der Waals surface area contributed by atoms with Crippen molar-refractivity contribution in [2.75, 3.05) is 6.54 Å². The summed E-state index contributed by atoms with van der Waals surface area (Å²) in [5.41, 5.74) is 4.44. The lowest BCUT2D eigenvalue weighted by molar-refractivity contribution is -0.120. The van der Waals surface area contributed by atoms with Gasteiger partial charge in [-0.1, -0.05) is 6.92 Å². The van der Waals surface area contributed by atoms with Gasteiger partial charge in [0.05, 0.1) is 6.04 Å². The number of nitrogens with two attached hydrogens (primary N) is 1. The zero-order chi connectivity index (χ0) is 22.0. The molecule has 4 N–H and O–H groups in total. The minimum Gasteiger partial charge on any atom is -0.444 e. The van der Waals surface area contributed by atoms with Crippen molar-refractivity contribution in [2.45, 2.75) is 91.4 Å². The summed E-state index contributed by atoms with van der Waals surface area (Å²) in [4.78, 5) is 39.8. The van der Waals surface area contributed by atoms with Crippen molar-refractivity contribution >= 4 is 23.9 Å². The number of amides is 2. The third kappa shape index (κ3) is 14.0. The molecule has 2 amide bonds. The van der Waals surface area contributed by atoms with E-state index in [0.29, 0.717) is 19.3 Å². The monoisotopic (exact) mass is 400 g/mol. The fourth-order valence-electron chi connectivity index (χ4n) is 2.01. The first-order valence-corrected chi connectivity index (χ1v) is 9.56. The van der Waals surface area contributed by atoms with E-state index in [2.05, 4.69) is 15.6 Å². The smallest absolute Gasteiger partial charge is 0.414 e. The molecule has 0 fully saturated rings. The van der Waals surface area contributed by atoms with E-state index in [-0.39, 0.29) is 18.3 Å². The first-order valence-electron chi connectivity index (χ1n) is 9.56. The second-order valence-electron chi connectivity index (χ2n) is 8.45. The highest BCUT2D eigenvalue weighted by molar-refractivity contribution is 6.01. The highest BCUT2D eigenvalue weighted by atomic mass is 16.6. The summed E-state index contributed by atoms with van der Waals surface area (Å²) >= 11 is 0. The molecule has 0 spiro atoms. The van der Waals surface area contributed by atoms with Crippen LogP contribution in [-0.2, 0) is 14.3 Å². The van der Waals surface area contributed by atoms with Crippen LogP contribution >= 0.6 is 0 Å². The van der Waals surface area contributed by atoms with Crippen molar-refractivity contribution < 1.29 is 23.9 Å². The number of guanidine groups is 1. The van der Waals surface area contributed by atoms with E-state index in [1.807, 2.05) is 6.92 Å². The third-order valence-electron chi connectivity index (χ3n) is 3.09. The minimum atomic E-state index is -0.753. The number of nitrogens with one attached hydrogen (secondary N) is 2. The van der Waals surface area contributed by atoms with Crippen LogP contribution in [0.3, 0.4) is 0 Å². The first kappa shape index (κ1) is 25.8. The Morgan fingerprint density at radius 1 is 0.964 bits per heavy atom. The molecule has 0 unspecified atom stereocenters. The van der Waals surface area contributed by atoms with E-state index in [1.165, 1.54) is 0 Å². The van der Waals surface area contributed by atoms with Crippen LogP contribution in [0.5, 0.6) is 0 Å². The number of alkyl carbamates (subject to hydrolysis) is 2. The van der Waals surface area contributed by atoms with Crippen LogP contribution < -0.4 is 16.4 Å². The molecule has 0 bridgehead atoms. The Morgan fingerprint density at radius 2 is 1.43 bits per heavy atom. The number of Topliss-reactive ketones (excluding diaryl/α,β-unsaturated/α-hetero) is 1. The number of hydrogen-bond acceptors (Lipinski definition) is 7. The Balaban J connectivity index is 4.86. The van der Waals surface area contributed by atoms with Crippen LogP contribution in [-0.4, -0.2) is 47.7 Å². The van der Waals surface area contributed by atoms with Crippen LogP contribution in [0.1, 0.15) is 74.1 Å². The zero-order valence-electron chi connectivity index (χ0n) is 18.2. The lowest BCUT2D eigenvalue weighted by Crippen LogP contribution is -2.47. The van der Waals surface area contributed by atoms with Gasteiger partial charge in [0.1, 0.15) is 17.0 Å². The van der Waals surface area contributed by atoms with Crippen LogP contribution in [0.15, 0.2) is 4.99 Å². The number of carbonyl (C=O) groups is 3. The average Bonchev–Trinajstić information content (AvgIpc) is 2.47. The average molecular weight is 401 g/mol. The topological polar surface area (TPSA) is 132 Å². The molecule has 0 saturated carbocycles. The number of hydrogen-bond donors (Lipinski definition) is 3. The molecule has 1 atom stereocenters. The Bertz CT molecular complexity index is 530. The second kappa shape index (κ2) is 11.6. The fourth-order valence-corrected chi connectivity index (χ4v) is 2.01. The molecule has 0 aromatic heterocycles. The van der Waals surface area contributed by atoms with E-state index in [9.17, 15) is 14.4 Å². The molecule has 0 aliphatic rings. The molecular formula is C19H36N4O5. The molecule has 0 aliphatic carbocycles. The maximum Gasteiger partial charge on any atom is 0.414 e. The summed E-state index contributed by atoms with van der Waals surface area (Å²) in [6.07, 6.45) is 0.694. The maximum absolute atomic E-state index is 12.0. The SMILES string of the molecule is CCCC(=O)[C@@H](N)CCCN=C(NC(=O)OC(C)(C)C)NC(=O)OC(C)(C)C. The van der Waals surface area contributed by atoms with Crippen molar-refractivity contribution in [3.8, 4) is 0 Å². The quantitative estimate of drug-likeness (QED) is 0.342. The van der Waals surface area contributed by atoms with Crippen molar-refractivity contribution in [3.63, 3.8) is 0 Å². The van der Waals surface area contributed by atoms with Crippen molar-refractivity contribution in [1.82, 2.24) is 10.6 Å². The van der Waals surface area contributed by atoms with Crippen LogP contribution in [0.25, 0.3) is 0 Å². The molecule has 28 heavy (non-hydrogen) atoms. The molecule has 0 radical (unpaired) electrons. The normalized spacial score (nSPS) is 12.6. The lowest BCUT2D eigenvalue weighted by Gasteiger charge is -2.22. The van der Waals surface area contributed by atoms with E-state index < -0.39 is 29.4 Å². The summed E-state index contributed by atoms with van der Waals surface area (Å²) in [5, 5.41) is 4.80. The lowest BCUT2D eigenvalue weighted by atomic mass is 10.0.